The fourth-order valence-electron chi connectivity index (χ4n) is 3.92. The van der Waals surface area contributed by atoms with E-state index in [0.717, 1.165) is 64.9 Å². The number of anilines is 2. The molecule has 4 heterocycles. The molecule has 5 rings (SSSR count). The molecule has 1 saturated heterocycles. The largest absolute Gasteiger partial charge is 0.494 e. The Bertz CT molecular complexity index is 1170. The lowest BCUT2D eigenvalue weighted by Crippen LogP contribution is -2.47. The molecule has 4 aromatic rings. The van der Waals surface area contributed by atoms with Crippen LogP contribution in [0.1, 0.15) is 6.92 Å². The Morgan fingerprint density at radius 2 is 1.77 bits per heavy atom. The number of rotatable bonds is 5. The van der Waals surface area contributed by atoms with Crippen LogP contribution in [0.25, 0.3) is 21.3 Å². The Morgan fingerprint density at radius 3 is 2.48 bits per heavy atom. The average Bonchev–Trinajstić information content (AvgIpc) is 3.24. The second kappa shape index (κ2) is 8.69. The highest BCUT2D eigenvalue weighted by Crippen LogP contribution is 2.39. The first-order valence-corrected chi connectivity index (χ1v) is 11.6. The number of hydrogen-bond acceptors (Lipinski definition) is 7. The zero-order valence-corrected chi connectivity index (χ0v) is 18.7. The normalized spacial score (nSPS) is 14.3. The lowest BCUT2D eigenvalue weighted by molar-refractivity contribution is 0.340. The van der Waals surface area contributed by atoms with Crippen molar-refractivity contribution < 1.29 is 4.74 Å². The fraction of sp³-hybridized carbons (Fsp3) is 0.261. The van der Waals surface area contributed by atoms with Crippen LogP contribution in [0.4, 0.5) is 11.6 Å². The van der Waals surface area contributed by atoms with E-state index < -0.39 is 0 Å². The molecule has 0 spiro atoms. The van der Waals surface area contributed by atoms with Crippen LogP contribution >= 0.6 is 22.9 Å². The molecule has 1 aliphatic rings. The van der Waals surface area contributed by atoms with Gasteiger partial charge in [-0.25, -0.2) is 9.97 Å². The molecule has 0 bridgehead atoms. The predicted molar refractivity (Wildman–Crippen MR) is 128 cm³/mol. The summed E-state index contributed by atoms with van der Waals surface area (Å²) in [5, 5.41) is 3.48. The van der Waals surface area contributed by atoms with E-state index in [2.05, 4.69) is 48.3 Å². The van der Waals surface area contributed by atoms with Crippen molar-refractivity contribution in [2.75, 3.05) is 42.6 Å². The van der Waals surface area contributed by atoms with Crippen LogP contribution in [0.3, 0.4) is 0 Å². The summed E-state index contributed by atoms with van der Waals surface area (Å²) in [5.41, 5.74) is 2.25. The van der Waals surface area contributed by atoms with E-state index in [1.54, 1.807) is 11.3 Å². The molecule has 158 valence electrons. The average molecular weight is 452 g/mol. The maximum absolute atomic E-state index is 6.30. The van der Waals surface area contributed by atoms with Gasteiger partial charge in [0.25, 0.3) is 0 Å². The number of halogens is 1. The molecule has 0 unspecified atom stereocenters. The Morgan fingerprint density at radius 1 is 1.00 bits per heavy atom. The molecule has 1 fully saturated rings. The van der Waals surface area contributed by atoms with Crippen molar-refractivity contribution in [3.8, 4) is 16.9 Å². The second-order valence-electron chi connectivity index (χ2n) is 7.27. The summed E-state index contributed by atoms with van der Waals surface area (Å²) in [6.45, 7) is 6.09. The van der Waals surface area contributed by atoms with Gasteiger partial charge in [-0.2, -0.15) is 4.98 Å². The SMILES string of the molecule is CCOc1ccc(-c2csc3nc(Cl)nc(N4CCN(c5ccccn5)CC4)c23)cc1. The molecule has 0 atom stereocenters. The second-order valence-corrected chi connectivity index (χ2v) is 8.46. The van der Waals surface area contributed by atoms with Gasteiger partial charge in [0.05, 0.1) is 12.0 Å². The van der Waals surface area contributed by atoms with Gasteiger partial charge in [0, 0.05) is 43.3 Å². The summed E-state index contributed by atoms with van der Waals surface area (Å²) in [6, 6.07) is 14.2. The van der Waals surface area contributed by atoms with E-state index in [1.807, 2.05) is 37.4 Å². The summed E-state index contributed by atoms with van der Waals surface area (Å²) >= 11 is 7.90. The predicted octanol–water partition coefficient (Wildman–Crippen LogP) is 5.13. The van der Waals surface area contributed by atoms with Gasteiger partial charge in [0.1, 0.15) is 22.2 Å². The summed E-state index contributed by atoms with van der Waals surface area (Å²) in [6.07, 6.45) is 1.84. The first-order chi connectivity index (χ1) is 15.2. The Labute approximate surface area is 190 Å². The molecule has 0 saturated carbocycles. The molecule has 0 radical (unpaired) electrons. The van der Waals surface area contributed by atoms with Gasteiger partial charge in [-0.3, -0.25) is 0 Å². The van der Waals surface area contributed by atoms with Crippen molar-refractivity contribution in [3.63, 3.8) is 0 Å². The highest BCUT2D eigenvalue weighted by Gasteiger charge is 2.24. The van der Waals surface area contributed by atoms with Gasteiger partial charge >= 0.3 is 0 Å². The van der Waals surface area contributed by atoms with E-state index in [4.69, 9.17) is 16.3 Å². The van der Waals surface area contributed by atoms with Crippen LogP contribution in [0.15, 0.2) is 54.0 Å². The molecule has 0 aliphatic carbocycles. The number of nitrogens with zero attached hydrogens (tertiary/aromatic N) is 5. The Balaban J connectivity index is 1.47. The topological polar surface area (TPSA) is 54.4 Å². The molecule has 1 aromatic carbocycles. The molecule has 0 amide bonds. The zero-order chi connectivity index (χ0) is 21.2. The molecule has 8 heteroatoms. The fourth-order valence-corrected chi connectivity index (χ4v) is 5.08. The Hall–Kier alpha value is -2.90. The van der Waals surface area contributed by atoms with Gasteiger partial charge in [0.2, 0.25) is 5.28 Å². The van der Waals surface area contributed by atoms with Gasteiger partial charge in [0.15, 0.2) is 0 Å². The minimum Gasteiger partial charge on any atom is -0.494 e. The van der Waals surface area contributed by atoms with Crippen molar-refractivity contribution in [2.45, 2.75) is 6.92 Å². The van der Waals surface area contributed by atoms with Crippen molar-refractivity contribution in [3.05, 3.63) is 59.3 Å². The van der Waals surface area contributed by atoms with Crippen LogP contribution in [0.5, 0.6) is 5.75 Å². The van der Waals surface area contributed by atoms with Gasteiger partial charge in [-0.05, 0) is 48.4 Å². The van der Waals surface area contributed by atoms with E-state index >= 15 is 0 Å². The van der Waals surface area contributed by atoms with E-state index in [1.165, 1.54) is 0 Å². The lowest BCUT2D eigenvalue weighted by Gasteiger charge is -2.36. The highest BCUT2D eigenvalue weighted by molar-refractivity contribution is 7.17. The third kappa shape index (κ3) is 4.03. The van der Waals surface area contributed by atoms with Crippen molar-refractivity contribution in [1.82, 2.24) is 15.0 Å². The maximum atomic E-state index is 6.30. The number of ether oxygens (including phenoxy) is 1. The van der Waals surface area contributed by atoms with Gasteiger partial charge in [-0.15, -0.1) is 11.3 Å². The number of benzene rings is 1. The van der Waals surface area contributed by atoms with Crippen molar-refractivity contribution in [1.29, 1.82) is 0 Å². The van der Waals surface area contributed by atoms with Crippen molar-refractivity contribution >= 4 is 44.8 Å². The smallest absolute Gasteiger partial charge is 0.225 e. The van der Waals surface area contributed by atoms with Gasteiger partial charge in [-0.1, -0.05) is 18.2 Å². The van der Waals surface area contributed by atoms with Crippen LogP contribution in [0.2, 0.25) is 5.28 Å². The first kappa shape index (κ1) is 20.0. The van der Waals surface area contributed by atoms with Crippen LogP contribution < -0.4 is 14.5 Å². The molecule has 3 aromatic heterocycles. The molecular formula is C23H22ClN5OS. The summed E-state index contributed by atoms with van der Waals surface area (Å²) in [7, 11) is 0. The van der Waals surface area contributed by atoms with E-state index in [-0.39, 0.29) is 5.28 Å². The van der Waals surface area contributed by atoms with Crippen LogP contribution in [0, 0.1) is 0 Å². The highest BCUT2D eigenvalue weighted by atomic mass is 35.5. The Kier molecular flexibility index (Phi) is 5.61. The minimum absolute atomic E-state index is 0.287. The number of fused-ring (bicyclic) bond motifs is 1. The number of piperazine rings is 1. The zero-order valence-electron chi connectivity index (χ0n) is 17.2. The third-order valence-corrected chi connectivity index (χ3v) is 6.46. The molecule has 6 nitrogen and oxygen atoms in total. The number of aromatic nitrogens is 3. The monoisotopic (exact) mass is 451 g/mol. The molecule has 31 heavy (non-hydrogen) atoms. The van der Waals surface area contributed by atoms with Crippen LogP contribution in [-0.4, -0.2) is 47.7 Å². The molecule has 0 N–H and O–H groups in total. The summed E-state index contributed by atoms with van der Waals surface area (Å²) in [4.78, 5) is 19.1. The van der Waals surface area contributed by atoms with E-state index in [0.29, 0.717) is 6.61 Å². The number of hydrogen-bond donors (Lipinski definition) is 0. The quantitative estimate of drug-likeness (QED) is 0.392. The van der Waals surface area contributed by atoms with E-state index in [9.17, 15) is 0 Å². The van der Waals surface area contributed by atoms with Crippen molar-refractivity contribution in [2.24, 2.45) is 0 Å². The molecular weight excluding hydrogens is 430 g/mol. The molecule has 1 aliphatic heterocycles. The first-order valence-electron chi connectivity index (χ1n) is 10.3. The number of pyridine rings is 1. The number of thiophene rings is 1. The third-order valence-electron chi connectivity index (χ3n) is 5.42. The summed E-state index contributed by atoms with van der Waals surface area (Å²) in [5.74, 6) is 2.79. The van der Waals surface area contributed by atoms with Crippen LogP contribution in [-0.2, 0) is 0 Å². The van der Waals surface area contributed by atoms with Gasteiger partial charge < -0.3 is 14.5 Å². The summed E-state index contributed by atoms with van der Waals surface area (Å²) < 4.78 is 5.59. The minimum atomic E-state index is 0.287. The lowest BCUT2D eigenvalue weighted by atomic mass is 10.1. The maximum Gasteiger partial charge on any atom is 0.225 e. The standard InChI is InChI=1S/C23H22ClN5OS/c1-2-30-17-8-6-16(7-9-17)18-15-31-22-20(18)21(26-23(24)27-22)29-13-11-28(12-14-29)19-5-3-4-10-25-19/h3-10,15H,2,11-14H2,1H3.